The van der Waals surface area contributed by atoms with Crippen LogP contribution in [0.2, 0.25) is 0 Å². The fraction of sp³-hybridized carbons (Fsp3) is 0.345. The summed E-state index contributed by atoms with van der Waals surface area (Å²) in [5, 5.41) is 7.44. The molecule has 4 bridgehead atoms. The highest BCUT2D eigenvalue weighted by atomic mass is 32.2. The number of thiophene rings is 1. The van der Waals surface area contributed by atoms with Gasteiger partial charge < -0.3 is 29.7 Å². The number of rotatable bonds is 5. The van der Waals surface area contributed by atoms with E-state index in [4.69, 9.17) is 14.2 Å². The van der Waals surface area contributed by atoms with Gasteiger partial charge in [-0.3, -0.25) is 14.4 Å². The van der Waals surface area contributed by atoms with Crippen molar-refractivity contribution in [3.63, 3.8) is 0 Å². The Balaban J connectivity index is 1.39. The summed E-state index contributed by atoms with van der Waals surface area (Å²) in [6, 6.07) is 12.6. The van der Waals surface area contributed by atoms with Crippen LogP contribution in [-0.2, 0) is 26.2 Å². The van der Waals surface area contributed by atoms with Gasteiger partial charge in [0.1, 0.15) is 27.6 Å². The number of methoxy groups -OCH3 is 1. The number of carbonyl (C=O) groups excluding carboxylic acids is 3. The van der Waals surface area contributed by atoms with Gasteiger partial charge in [0.2, 0.25) is 5.91 Å². The van der Waals surface area contributed by atoms with Gasteiger partial charge in [-0.15, -0.1) is 11.3 Å². The van der Waals surface area contributed by atoms with E-state index in [0.29, 0.717) is 35.8 Å². The van der Waals surface area contributed by atoms with E-state index in [2.05, 4.69) is 15.4 Å². The Kier molecular flexibility index (Phi) is 9.18. The van der Waals surface area contributed by atoms with Crippen LogP contribution in [0.1, 0.15) is 27.9 Å². The molecular formula is C29H32N4O8S2. The van der Waals surface area contributed by atoms with E-state index in [0.717, 1.165) is 22.5 Å². The molecule has 1 saturated heterocycles. The van der Waals surface area contributed by atoms with Crippen molar-refractivity contribution < 1.29 is 37.0 Å². The van der Waals surface area contributed by atoms with E-state index in [1.54, 1.807) is 47.8 Å². The summed E-state index contributed by atoms with van der Waals surface area (Å²) in [6.07, 6.45) is -0.139. The second-order valence-electron chi connectivity index (χ2n) is 10.1. The predicted octanol–water partition coefficient (Wildman–Crippen LogP) is 1.83. The van der Waals surface area contributed by atoms with Gasteiger partial charge >= 0.3 is 0 Å². The van der Waals surface area contributed by atoms with Crippen molar-refractivity contribution in [1.82, 2.24) is 20.3 Å². The zero-order valence-corrected chi connectivity index (χ0v) is 25.3. The van der Waals surface area contributed by atoms with E-state index in [1.165, 1.54) is 18.1 Å². The highest BCUT2D eigenvalue weighted by Crippen LogP contribution is 2.28. The molecule has 3 N–H and O–H groups in total. The molecule has 2 atom stereocenters. The molecule has 0 saturated carbocycles. The summed E-state index contributed by atoms with van der Waals surface area (Å²) < 4.78 is 45.1. The average Bonchev–Trinajstić information content (AvgIpc) is 3.55. The molecule has 1 fully saturated rings. The van der Waals surface area contributed by atoms with Crippen LogP contribution in [0, 0.1) is 6.92 Å². The first kappa shape index (κ1) is 30.3. The molecule has 6 rings (SSSR count). The topological polar surface area (TPSA) is 152 Å². The van der Waals surface area contributed by atoms with E-state index in [9.17, 15) is 22.8 Å². The third-order valence-corrected chi connectivity index (χ3v) is 10.0. The van der Waals surface area contributed by atoms with Gasteiger partial charge in [-0.05, 0) is 48.2 Å². The molecule has 3 amide bonds. The van der Waals surface area contributed by atoms with Crippen molar-refractivity contribution >= 4 is 39.1 Å². The van der Waals surface area contributed by atoms with Crippen molar-refractivity contribution in [3.8, 4) is 17.2 Å². The number of hydrogen-bond donors (Lipinski definition) is 3. The van der Waals surface area contributed by atoms with Crippen molar-refractivity contribution in [1.29, 1.82) is 0 Å². The van der Waals surface area contributed by atoms with Gasteiger partial charge in [0.15, 0.2) is 6.61 Å². The van der Waals surface area contributed by atoms with E-state index in [1.807, 2.05) is 6.92 Å². The number of amides is 3. The van der Waals surface area contributed by atoms with Crippen molar-refractivity contribution in [2.24, 2.45) is 0 Å². The number of benzene rings is 2. The van der Waals surface area contributed by atoms with Gasteiger partial charge in [0.05, 0.1) is 19.7 Å². The van der Waals surface area contributed by atoms with Gasteiger partial charge in [0.25, 0.3) is 21.8 Å². The largest absolute Gasteiger partial charge is 0.496 e. The second-order valence-corrected chi connectivity index (χ2v) is 13.1. The molecule has 43 heavy (non-hydrogen) atoms. The fourth-order valence-electron chi connectivity index (χ4n) is 4.85. The molecule has 4 heterocycles. The minimum atomic E-state index is -3.82. The van der Waals surface area contributed by atoms with E-state index >= 15 is 0 Å². The van der Waals surface area contributed by atoms with Crippen LogP contribution in [0.15, 0.2) is 58.1 Å². The molecule has 0 radical (unpaired) electrons. The molecule has 2 aromatic carbocycles. The number of hydrogen-bond acceptors (Lipinski definition) is 9. The van der Waals surface area contributed by atoms with Gasteiger partial charge in [-0.1, -0.05) is 12.1 Å². The number of fused-ring (bicyclic) bond motifs is 7. The van der Waals surface area contributed by atoms with Crippen LogP contribution >= 0.6 is 11.3 Å². The molecule has 0 spiro atoms. The Morgan fingerprint density at radius 1 is 1.19 bits per heavy atom. The number of likely N-dealkylation sites (tertiary alicyclic amines) is 1. The molecule has 228 valence electrons. The Bertz CT molecular complexity index is 1610. The highest BCUT2D eigenvalue weighted by molar-refractivity contribution is 7.91. The maximum atomic E-state index is 13.4. The Morgan fingerprint density at radius 3 is 2.79 bits per heavy atom. The maximum Gasteiger partial charge on any atom is 0.258 e. The number of nitrogens with one attached hydrogen (secondary N) is 3. The summed E-state index contributed by atoms with van der Waals surface area (Å²) in [7, 11) is -2.30. The van der Waals surface area contributed by atoms with Crippen LogP contribution in [-0.4, -0.2) is 76.5 Å². The molecule has 3 aromatic rings. The number of carbonyl (C=O) groups is 3. The molecule has 14 heteroatoms. The predicted molar refractivity (Wildman–Crippen MR) is 158 cm³/mol. The zero-order chi connectivity index (χ0) is 30.6. The Hall–Kier alpha value is -4.14. The lowest BCUT2D eigenvalue weighted by Crippen LogP contribution is -2.59. The first-order valence-electron chi connectivity index (χ1n) is 13.6. The molecule has 3 aliphatic heterocycles. The second kappa shape index (κ2) is 13.0. The number of ether oxygens (including phenoxy) is 3. The van der Waals surface area contributed by atoms with Crippen molar-refractivity contribution in [2.45, 2.75) is 36.2 Å². The molecule has 1 aromatic heterocycles. The van der Waals surface area contributed by atoms with Gasteiger partial charge in [0, 0.05) is 43.2 Å². The normalized spacial score (nSPS) is 19.3. The minimum absolute atomic E-state index is 0.0961. The molecule has 12 nitrogen and oxygen atoms in total. The van der Waals surface area contributed by atoms with Crippen LogP contribution in [0.5, 0.6) is 17.2 Å². The maximum absolute atomic E-state index is 13.4. The van der Waals surface area contributed by atoms with E-state index < -0.39 is 40.5 Å². The number of nitrogens with zero attached hydrogens (tertiary/aromatic N) is 1. The summed E-state index contributed by atoms with van der Waals surface area (Å²) >= 11 is 1.06. The summed E-state index contributed by atoms with van der Waals surface area (Å²) in [4.78, 5) is 40.5. The number of piperidine rings is 1. The monoisotopic (exact) mass is 628 g/mol. The zero-order valence-electron chi connectivity index (χ0n) is 23.6. The first-order chi connectivity index (χ1) is 20.6. The minimum Gasteiger partial charge on any atom is -0.496 e. The molecular weight excluding hydrogens is 596 g/mol. The van der Waals surface area contributed by atoms with Crippen LogP contribution < -0.4 is 29.6 Å². The summed E-state index contributed by atoms with van der Waals surface area (Å²) in [5.74, 6) is 0.208. The first-order valence-corrected chi connectivity index (χ1v) is 15.9. The molecule has 0 aliphatic carbocycles. The summed E-state index contributed by atoms with van der Waals surface area (Å²) in [5.41, 5.74) is 1.79. The SMILES string of the molecule is COc1cc2ccc1CNC(=O)COc1cc(ccc1C)C(=O)N[C@H]1CN(C(=O)CNS(=O)(=O)c3cccs3)CC[C@H]1O2. The Labute approximate surface area is 253 Å². The molecule has 3 aliphatic rings. The average molecular weight is 629 g/mol. The van der Waals surface area contributed by atoms with Crippen LogP contribution in [0.4, 0.5) is 0 Å². The lowest BCUT2D eigenvalue weighted by atomic mass is 10.0. The summed E-state index contributed by atoms with van der Waals surface area (Å²) in [6.45, 7) is 1.75. The van der Waals surface area contributed by atoms with Crippen LogP contribution in [0.25, 0.3) is 0 Å². The quantitative estimate of drug-likeness (QED) is 0.387. The third-order valence-electron chi connectivity index (χ3n) is 7.22. The third kappa shape index (κ3) is 7.27. The van der Waals surface area contributed by atoms with Crippen molar-refractivity contribution in [3.05, 3.63) is 70.6 Å². The fourth-order valence-corrected chi connectivity index (χ4v) is 6.86. The Morgan fingerprint density at radius 2 is 2.02 bits per heavy atom. The smallest absolute Gasteiger partial charge is 0.258 e. The van der Waals surface area contributed by atoms with Crippen molar-refractivity contribution in [2.75, 3.05) is 33.4 Å². The lowest BCUT2D eigenvalue weighted by Gasteiger charge is -2.39. The van der Waals surface area contributed by atoms with Gasteiger partial charge in [-0.2, -0.15) is 0 Å². The number of sulfonamides is 1. The van der Waals surface area contributed by atoms with Gasteiger partial charge in [-0.25, -0.2) is 13.1 Å². The standard InChI is InChI=1S/C29H32N4O8S2/c1-18-5-6-19-12-24(18)40-17-26(34)30-14-20-7-8-21(13-25(20)39-2)41-23-9-10-33(16-22(23)32-29(19)36)27(35)15-31-43(37,38)28-4-3-11-42-28/h3-8,11-13,22-23,31H,9-10,14-17H2,1-2H3,(H,30,34)(H,32,36)/t22-,23+/m0/s1. The van der Waals surface area contributed by atoms with E-state index in [-0.39, 0.29) is 29.8 Å². The molecule has 0 unspecified atom stereocenters. The number of aryl methyl sites for hydroxylation is 1. The highest BCUT2D eigenvalue weighted by Gasteiger charge is 2.35. The van der Waals surface area contributed by atoms with Crippen LogP contribution in [0.3, 0.4) is 0 Å². The lowest BCUT2D eigenvalue weighted by molar-refractivity contribution is -0.132.